The molecule has 94 valence electrons. The number of carbonyl (C=O) groups is 1. The fourth-order valence-corrected chi connectivity index (χ4v) is 3.08. The number of amides is 1. The van der Waals surface area contributed by atoms with E-state index < -0.39 is 9.84 Å². The first-order valence-corrected chi connectivity index (χ1v) is 8.37. The third-order valence-corrected chi connectivity index (χ3v) is 4.45. The van der Waals surface area contributed by atoms with Crippen LogP contribution in [0.4, 0.5) is 0 Å². The Morgan fingerprint density at radius 2 is 1.94 bits per heavy atom. The first kappa shape index (κ1) is 14.0. The van der Waals surface area contributed by atoms with E-state index in [1.165, 1.54) is 0 Å². The summed E-state index contributed by atoms with van der Waals surface area (Å²) in [5, 5.41) is 0. The SMILES string of the molecule is CC(Br)C1CCN(C(=O)CS(C)(=O)=O)CC1. The zero-order valence-electron chi connectivity index (χ0n) is 9.65. The maximum Gasteiger partial charge on any atom is 0.237 e. The fourth-order valence-electron chi connectivity index (χ4n) is 1.92. The Morgan fingerprint density at radius 3 is 2.31 bits per heavy atom. The lowest BCUT2D eigenvalue weighted by Crippen LogP contribution is -2.42. The van der Waals surface area contributed by atoms with E-state index in [9.17, 15) is 13.2 Å². The van der Waals surface area contributed by atoms with Crippen LogP contribution in [-0.4, -0.2) is 49.2 Å². The monoisotopic (exact) mass is 311 g/mol. The van der Waals surface area contributed by atoms with Crippen LogP contribution in [0, 0.1) is 5.92 Å². The van der Waals surface area contributed by atoms with Crippen LogP contribution in [0.25, 0.3) is 0 Å². The molecule has 0 aromatic carbocycles. The first-order chi connectivity index (χ1) is 7.29. The van der Waals surface area contributed by atoms with Gasteiger partial charge < -0.3 is 4.90 Å². The van der Waals surface area contributed by atoms with Gasteiger partial charge in [0.15, 0.2) is 9.84 Å². The number of piperidine rings is 1. The summed E-state index contributed by atoms with van der Waals surface area (Å²) in [5.41, 5.74) is 0. The highest BCUT2D eigenvalue weighted by atomic mass is 79.9. The van der Waals surface area contributed by atoms with Crippen molar-refractivity contribution in [1.29, 1.82) is 0 Å². The van der Waals surface area contributed by atoms with Crippen LogP contribution >= 0.6 is 15.9 Å². The topological polar surface area (TPSA) is 54.5 Å². The second-order valence-electron chi connectivity index (χ2n) is 4.47. The van der Waals surface area contributed by atoms with Gasteiger partial charge in [-0.25, -0.2) is 8.42 Å². The predicted octanol–water partition coefficient (Wildman–Crippen LogP) is 1.05. The lowest BCUT2D eigenvalue weighted by atomic mass is 9.94. The number of hydrogen-bond donors (Lipinski definition) is 0. The number of sulfone groups is 1. The Balaban J connectivity index is 2.45. The van der Waals surface area contributed by atoms with Gasteiger partial charge in [-0.3, -0.25) is 4.79 Å². The normalized spacial score (nSPS) is 20.8. The summed E-state index contributed by atoms with van der Waals surface area (Å²) in [6.07, 6.45) is 2.99. The van der Waals surface area contributed by atoms with Crippen LogP contribution in [0.5, 0.6) is 0 Å². The van der Waals surface area contributed by atoms with Crippen molar-refractivity contribution < 1.29 is 13.2 Å². The van der Waals surface area contributed by atoms with Gasteiger partial charge in [0, 0.05) is 24.2 Å². The minimum Gasteiger partial charge on any atom is -0.342 e. The van der Waals surface area contributed by atoms with Crippen LogP contribution in [0.1, 0.15) is 19.8 Å². The molecular weight excluding hydrogens is 294 g/mol. The lowest BCUT2D eigenvalue weighted by Gasteiger charge is -2.33. The molecule has 0 radical (unpaired) electrons. The highest BCUT2D eigenvalue weighted by molar-refractivity contribution is 9.09. The minimum atomic E-state index is -3.20. The minimum absolute atomic E-state index is 0.261. The largest absolute Gasteiger partial charge is 0.342 e. The summed E-state index contributed by atoms with van der Waals surface area (Å²) in [6.45, 7) is 3.46. The fraction of sp³-hybridized carbons (Fsp3) is 0.900. The summed E-state index contributed by atoms with van der Waals surface area (Å²) in [4.78, 5) is 13.7. The zero-order valence-corrected chi connectivity index (χ0v) is 12.1. The summed E-state index contributed by atoms with van der Waals surface area (Å²) < 4.78 is 22.0. The summed E-state index contributed by atoms with van der Waals surface area (Å²) in [6, 6.07) is 0. The van der Waals surface area contributed by atoms with Gasteiger partial charge >= 0.3 is 0 Å². The molecule has 1 saturated heterocycles. The van der Waals surface area contributed by atoms with E-state index in [4.69, 9.17) is 0 Å². The average Bonchev–Trinajstić information content (AvgIpc) is 2.15. The summed E-state index contributed by atoms with van der Waals surface area (Å²) in [5.74, 6) is -0.0351. The van der Waals surface area contributed by atoms with E-state index in [0.717, 1.165) is 19.1 Å². The highest BCUT2D eigenvalue weighted by Crippen LogP contribution is 2.24. The maximum absolute atomic E-state index is 11.6. The Hall–Kier alpha value is -0.100. The zero-order chi connectivity index (χ0) is 12.3. The Labute approximate surface area is 105 Å². The van der Waals surface area contributed by atoms with E-state index in [2.05, 4.69) is 22.9 Å². The van der Waals surface area contributed by atoms with Crippen LogP contribution in [-0.2, 0) is 14.6 Å². The molecule has 1 aliphatic rings. The first-order valence-electron chi connectivity index (χ1n) is 5.39. The number of alkyl halides is 1. The van der Waals surface area contributed by atoms with Crippen molar-refractivity contribution in [3.05, 3.63) is 0 Å². The average molecular weight is 312 g/mol. The molecule has 1 fully saturated rings. The van der Waals surface area contributed by atoms with Gasteiger partial charge in [0.25, 0.3) is 0 Å². The maximum atomic E-state index is 11.6. The molecule has 1 aliphatic heterocycles. The molecule has 0 spiro atoms. The van der Waals surface area contributed by atoms with Gasteiger partial charge in [0.2, 0.25) is 5.91 Å². The standard InChI is InChI=1S/C10H18BrNO3S/c1-8(11)9-3-5-12(6-4-9)10(13)7-16(2,14)15/h8-9H,3-7H2,1-2H3. The third kappa shape index (κ3) is 4.41. The van der Waals surface area contributed by atoms with Gasteiger partial charge in [-0.1, -0.05) is 22.9 Å². The number of rotatable bonds is 3. The second-order valence-corrected chi connectivity index (χ2v) is 8.05. The summed E-state index contributed by atoms with van der Waals surface area (Å²) in [7, 11) is -3.20. The van der Waals surface area contributed by atoms with Crippen LogP contribution < -0.4 is 0 Å². The molecule has 0 aromatic heterocycles. The van der Waals surface area contributed by atoms with Crippen LogP contribution in [0.15, 0.2) is 0 Å². The molecule has 1 heterocycles. The van der Waals surface area contributed by atoms with Crippen molar-refractivity contribution in [3.63, 3.8) is 0 Å². The lowest BCUT2D eigenvalue weighted by molar-refractivity contribution is -0.129. The summed E-state index contributed by atoms with van der Waals surface area (Å²) >= 11 is 3.54. The molecule has 0 aliphatic carbocycles. The number of likely N-dealkylation sites (tertiary alicyclic amines) is 1. The number of nitrogens with zero attached hydrogens (tertiary/aromatic N) is 1. The van der Waals surface area contributed by atoms with Gasteiger partial charge in [-0.05, 0) is 18.8 Å². The van der Waals surface area contributed by atoms with Crippen molar-refractivity contribution in [3.8, 4) is 0 Å². The molecule has 1 atom stereocenters. The number of halogens is 1. The second kappa shape index (κ2) is 5.49. The quantitative estimate of drug-likeness (QED) is 0.732. The molecule has 0 saturated carbocycles. The molecular formula is C10H18BrNO3S. The van der Waals surface area contributed by atoms with Crippen molar-refractivity contribution in [2.75, 3.05) is 25.1 Å². The van der Waals surface area contributed by atoms with Crippen molar-refractivity contribution in [2.24, 2.45) is 5.92 Å². The number of hydrogen-bond acceptors (Lipinski definition) is 3. The third-order valence-electron chi connectivity index (χ3n) is 2.93. The molecule has 0 aromatic rings. The van der Waals surface area contributed by atoms with E-state index in [1.54, 1.807) is 4.90 Å². The predicted molar refractivity (Wildman–Crippen MR) is 67.4 cm³/mol. The molecule has 0 N–H and O–H groups in total. The van der Waals surface area contributed by atoms with Crippen LogP contribution in [0.2, 0.25) is 0 Å². The molecule has 1 rings (SSSR count). The highest BCUT2D eigenvalue weighted by Gasteiger charge is 2.26. The van der Waals surface area contributed by atoms with Gasteiger partial charge in [-0.15, -0.1) is 0 Å². The molecule has 0 bridgehead atoms. The van der Waals surface area contributed by atoms with Gasteiger partial charge in [-0.2, -0.15) is 0 Å². The molecule has 16 heavy (non-hydrogen) atoms. The Morgan fingerprint density at radius 1 is 1.44 bits per heavy atom. The molecule has 1 amide bonds. The molecule has 4 nitrogen and oxygen atoms in total. The van der Waals surface area contributed by atoms with Crippen LogP contribution in [0.3, 0.4) is 0 Å². The number of carbonyl (C=O) groups excluding carboxylic acids is 1. The Kier molecular flexibility index (Phi) is 4.79. The van der Waals surface area contributed by atoms with Crippen molar-refractivity contribution in [1.82, 2.24) is 4.90 Å². The Bertz CT molecular complexity index is 345. The smallest absolute Gasteiger partial charge is 0.237 e. The van der Waals surface area contributed by atoms with Gasteiger partial charge in [0.1, 0.15) is 5.75 Å². The molecule has 1 unspecified atom stereocenters. The van der Waals surface area contributed by atoms with E-state index in [-0.39, 0.29) is 11.7 Å². The van der Waals surface area contributed by atoms with E-state index in [1.807, 2.05) is 0 Å². The molecule has 6 heteroatoms. The van der Waals surface area contributed by atoms with Crippen molar-refractivity contribution in [2.45, 2.75) is 24.6 Å². The van der Waals surface area contributed by atoms with E-state index in [0.29, 0.717) is 23.8 Å². The van der Waals surface area contributed by atoms with Gasteiger partial charge in [0.05, 0.1) is 0 Å². The van der Waals surface area contributed by atoms with E-state index >= 15 is 0 Å². The van der Waals surface area contributed by atoms with Crippen molar-refractivity contribution >= 4 is 31.7 Å².